The molecule has 2 aromatic carbocycles. The van der Waals surface area contributed by atoms with Gasteiger partial charge in [0.2, 0.25) is 11.8 Å². The van der Waals surface area contributed by atoms with Crippen molar-refractivity contribution in [3.05, 3.63) is 70.4 Å². The fraction of sp³-hybridized carbons (Fsp3) is 0.333. The number of hydrogen-bond acceptors (Lipinski definition) is 7. The van der Waals surface area contributed by atoms with Gasteiger partial charge < -0.3 is 14.8 Å². The maximum Gasteiger partial charge on any atom is 0.249 e. The number of amides is 2. The van der Waals surface area contributed by atoms with Crippen molar-refractivity contribution in [1.29, 1.82) is 0 Å². The fourth-order valence-corrected chi connectivity index (χ4v) is 5.57. The van der Waals surface area contributed by atoms with E-state index in [0.29, 0.717) is 30.1 Å². The minimum absolute atomic E-state index is 0.0133. The van der Waals surface area contributed by atoms with Gasteiger partial charge in [-0.15, -0.1) is 16.4 Å². The number of nitrogens with one attached hydrogen (secondary N) is 1. The summed E-state index contributed by atoms with van der Waals surface area (Å²) in [5.74, 6) is 0.115. The molecule has 0 saturated carbocycles. The number of ether oxygens (including phenoxy) is 2. The lowest BCUT2D eigenvalue weighted by Gasteiger charge is -2.31. The van der Waals surface area contributed by atoms with Gasteiger partial charge in [-0.2, -0.15) is 0 Å². The zero-order chi connectivity index (χ0) is 25.8. The predicted molar refractivity (Wildman–Crippen MR) is 142 cm³/mol. The highest BCUT2D eigenvalue weighted by Gasteiger charge is 2.35. The summed E-state index contributed by atoms with van der Waals surface area (Å²) in [5.41, 5.74) is 2.98. The van der Waals surface area contributed by atoms with Gasteiger partial charge in [-0.05, 0) is 73.2 Å². The number of carbonyl (C=O) groups excluding carboxylic acids is 2. The maximum absolute atomic E-state index is 14.0. The van der Waals surface area contributed by atoms with Crippen LogP contribution in [0.1, 0.15) is 29.3 Å². The van der Waals surface area contributed by atoms with Crippen molar-refractivity contribution >= 4 is 39.9 Å². The summed E-state index contributed by atoms with van der Waals surface area (Å²) >= 11 is 1.46. The number of carbonyl (C=O) groups is 2. The van der Waals surface area contributed by atoms with Crippen molar-refractivity contribution in [2.75, 3.05) is 25.2 Å². The third kappa shape index (κ3) is 5.35. The van der Waals surface area contributed by atoms with Crippen LogP contribution in [-0.2, 0) is 20.9 Å². The Bertz CT molecular complexity index is 1380. The van der Waals surface area contributed by atoms with Crippen LogP contribution in [0, 0.1) is 6.92 Å². The van der Waals surface area contributed by atoms with Crippen LogP contribution in [0.4, 0.5) is 5.69 Å². The molecule has 2 atom stereocenters. The Hall–Kier alpha value is -3.76. The normalized spacial score (nSPS) is 16.0. The Morgan fingerprint density at radius 2 is 2.03 bits per heavy atom. The molecule has 5 rings (SSSR count). The summed E-state index contributed by atoms with van der Waals surface area (Å²) in [6, 6.07) is 15.7. The highest BCUT2D eigenvalue weighted by atomic mass is 32.1. The van der Waals surface area contributed by atoms with Gasteiger partial charge >= 0.3 is 0 Å². The Balaban J connectivity index is 1.52. The van der Waals surface area contributed by atoms with E-state index in [0.717, 1.165) is 28.8 Å². The summed E-state index contributed by atoms with van der Waals surface area (Å²) in [7, 11) is 1.59. The van der Waals surface area contributed by atoms with E-state index >= 15 is 0 Å². The molecule has 4 aromatic rings. The minimum Gasteiger partial charge on any atom is -0.497 e. The van der Waals surface area contributed by atoms with E-state index in [9.17, 15) is 9.59 Å². The Morgan fingerprint density at radius 3 is 2.73 bits per heavy atom. The molecule has 9 nitrogen and oxygen atoms in total. The number of hydrogen-bond donors (Lipinski definition) is 1. The van der Waals surface area contributed by atoms with Crippen LogP contribution < -0.4 is 15.0 Å². The molecule has 37 heavy (non-hydrogen) atoms. The molecule has 0 aliphatic carbocycles. The quantitative estimate of drug-likeness (QED) is 0.360. The summed E-state index contributed by atoms with van der Waals surface area (Å²) in [5, 5.41) is 13.4. The molecule has 0 spiro atoms. The number of para-hydroxylation sites is 1. The first kappa shape index (κ1) is 24.9. The molecule has 0 unspecified atom stereocenters. The number of aryl methyl sites for hydroxylation is 1. The van der Waals surface area contributed by atoms with Crippen LogP contribution in [0.25, 0.3) is 11.0 Å². The van der Waals surface area contributed by atoms with Crippen LogP contribution in [0.5, 0.6) is 5.75 Å². The third-order valence-electron chi connectivity index (χ3n) is 6.51. The predicted octanol–water partition coefficient (Wildman–Crippen LogP) is 3.88. The van der Waals surface area contributed by atoms with Gasteiger partial charge in [-0.25, -0.2) is 4.68 Å². The number of fused-ring (bicyclic) bond motifs is 1. The number of benzene rings is 2. The van der Waals surface area contributed by atoms with Crippen LogP contribution in [-0.4, -0.2) is 53.2 Å². The SMILES string of the molecule is COc1ccc(N(C(=O)Cn2nnc3ccccc32)[C@@H](C(=O)NC[C@H]2CCCO2)c2sccc2C)cc1. The van der Waals surface area contributed by atoms with E-state index in [1.807, 2.05) is 42.6 Å². The molecule has 1 aliphatic rings. The maximum atomic E-state index is 14.0. The molecule has 1 N–H and O–H groups in total. The standard InChI is InChI=1S/C27H29N5O4S/c1-18-13-15-37-26(18)25(27(34)28-16-21-6-5-14-36-21)32(19-9-11-20(35-2)12-10-19)24(33)17-31-23-8-4-3-7-22(23)29-30-31/h3-4,7-13,15,21,25H,5-6,14,16-17H2,1-2H3,(H,28,34)/t21-,25-/m1/s1. The Labute approximate surface area is 219 Å². The van der Waals surface area contributed by atoms with E-state index in [1.165, 1.54) is 11.3 Å². The monoisotopic (exact) mass is 519 g/mol. The number of methoxy groups -OCH3 is 1. The largest absolute Gasteiger partial charge is 0.497 e. The van der Waals surface area contributed by atoms with Crippen molar-refractivity contribution in [1.82, 2.24) is 20.3 Å². The van der Waals surface area contributed by atoms with E-state index in [2.05, 4.69) is 15.6 Å². The molecule has 192 valence electrons. The van der Waals surface area contributed by atoms with Gasteiger partial charge in [0.05, 0.1) is 18.7 Å². The highest BCUT2D eigenvalue weighted by Crippen LogP contribution is 2.34. The topological polar surface area (TPSA) is 98.6 Å². The fourth-order valence-electron chi connectivity index (χ4n) is 4.55. The molecular weight excluding hydrogens is 490 g/mol. The van der Waals surface area contributed by atoms with Crippen LogP contribution in [0.2, 0.25) is 0 Å². The average Bonchev–Trinajstić information content (AvgIpc) is 3.68. The molecule has 1 saturated heterocycles. The van der Waals surface area contributed by atoms with Gasteiger partial charge in [-0.3, -0.25) is 14.5 Å². The van der Waals surface area contributed by atoms with Crippen molar-refractivity contribution < 1.29 is 19.1 Å². The minimum atomic E-state index is -0.864. The molecule has 0 radical (unpaired) electrons. The highest BCUT2D eigenvalue weighted by molar-refractivity contribution is 7.10. The lowest BCUT2D eigenvalue weighted by Crippen LogP contribution is -2.46. The van der Waals surface area contributed by atoms with Gasteiger partial charge in [0.15, 0.2) is 0 Å². The molecule has 0 bridgehead atoms. The van der Waals surface area contributed by atoms with Crippen LogP contribution in [0.15, 0.2) is 60.0 Å². The molecule has 3 heterocycles. The van der Waals surface area contributed by atoms with Crippen LogP contribution >= 0.6 is 11.3 Å². The first-order valence-electron chi connectivity index (χ1n) is 12.2. The molecule has 2 aromatic heterocycles. The third-order valence-corrected chi connectivity index (χ3v) is 7.58. The van der Waals surface area contributed by atoms with Crippen molar-refractivity contribution in [2.45, 2.75) is 38.5 Å². The lowest BCUT2D eigenvalue weighted by molar-refractivity contribution is -0.127. The Kier molecular flexibility index (Phi) is 7.47. The number of nitrogens with zero attached hydrogens (tertiary/aromatic N) is 4. The van der Waals surface area contributed by atoms with Crippen LogP contribution in [0.3, 0.4) is 0 Å². The number of rotatable bonds is 9. The first-order chi connectivity index (χ1) is 18.0. The average molecular weight is 520 g/mol. The van der Waals surface area contributed by atoms with Crippen molar-refractivity contribution in [3.63, 3.8) is 0 Å². The number of thiophene rings is 1. The molecule has 10 heteroatoms. The Morgan fingerprint density at radius 1 is 1.22 bits per heavy atom. The number of anilines is 1. The zero-order valence-electron chi connectivity index (χ0n) is 20.8. The smallest absolute Gasteiger partial charge is 0.249 e. The molecule has 1 aliphatic heterocycles. The second-order valence-electron chi connectivity index (χ2n) is 8.95. The molecule has 1 fully saturated rings. The van der Waals surface area contributed by atoms with Crippen molar-refractivity contribution in [3.8, 4) is 5.75 Å². The van der Waals surface area contributed by atoms with Gasteiger partial charge in [0.25, 0.3) is 0 Å². The van der Waals surface area contributed by atoms with E-state index in [-0.39, 0.29) is 24.5 Å². The van der Waals surface area contributed by atoms with E-state index < -0.39 is 6.04 Å². The second kappa shape index (κ2) is 11.1. The molecular formula is C27H29N5O4S. The summed E-state index contributed by atoms with van der Waals surface area (Å²) in [4.78, 5) is 30.2. The van der Waals surface area contributed by atoms with Gasteiger partial charge in [0.1, 0.15) is 23.9 Å². The van der Waals surface area contributed by atoms with Crippen molar-refractivity contribution in [2.24, 2.45) is 0 Å². The lowest BCUT2D eigenvalue weighted by atomic mass is 10.1. The van der Waals surface area contributed by atoms with Gasteiger partial charge in [-0.1, -0.05) is 17.3 Å². The second-order valence-corrected chi connectivity index (χ2v) is 9.90. The first-order valence-corrected chi connectivity index (χ1v) is 13.1. The summed E-state index contributed by atoms with van der Waals surface area (Å²) in [6.45, 7) is 2.98. The summed E-state index contributed by atoms with van der Waals surface area (Å²) < 4.78 is 12.6. The zero-order valence-corrected chi connectivity index (χ0v) is 21.6. The molecule has 2 amide bonds. The van der Waals surface area contributed by atoms with Gasteiger partial charge in [0, 0.05) is 23.7 Å². The summed E-state index contributed by atoms with van der Waals surface area (Å²) in [6.07, 6.45) is 1.88. The van der Waals surface area contributed by atoms with E-state index in [4.69, 9.17) is 9.47 Å². The number of aromatic nitrogens is 3. The van der Waals surface area contributed by atoms with E-state index in [1.54, 1.807) is 41.0 Å².